The topological polar surface area (TPSA) is 30.5 Å². The van der Waals surface area contributed by atoms with E-state index in [1.807, 2.05) is 0 Å². The normalized spacial score (nSPS) is 46.3. The van der Waals surface area contributed by atoms with E-state index < -0.39 is 0 Å². The molecule has 1 heterocycles. The lowest BCUT2D eigenvalue weighted by molar-refractivity contribution is -0.154. The van der Waals surface area contributed by atoms with Crippen molar-refractivity contribution >= 4 is 0 Å². The van der Waals surface area contributed by atoms with Crippen molar-refractivity contribution in [2.75, 3.05) is 13.2 Å². The van der Waals surface area contributed by atoms with Crippen molar-refractivity contribution in [3.05, 3.63) is 0 Å². The Morgan fingerprint density at radius 3 is 2.58 bits per heavy atom. The molecule has 3 fully saturated rings. The van der Waals surface area contributed by atoms with E-state index in [9.17, 15) is 0 Å². The summed E-state index contributed by atoms with van der Waals surface area (Å²) >= 11 is 0. The fourth-order valence-electron chi connectivity index (χ4n) is 4.53. The van der Waals surface area contributed by atoms with E-state index in [2.05, 4.69) is 39.9 Å². The molecule has 3 rings (SSSR count). The molecule has 1 saturated heterocycles. The largest absolute Gasteiger partial charge is 0.378 e. The monoisotopic (exact) mass is 267 g/mol. The highest BCUT2D eigenvalue weighted by atomic mass is 16.5. The zero-order valence-corrected chi connectivity index (χ0v) is 13.0. The second kappa shape index (κ2) is 4.44. The Balaban J connectivity index is 1.61. The molecular weight excluding hydrogens is 238 g/mol. The highest BCUT2D eigenvalue weighted by Crippen LogP contribution is 2.54. The third-order valence-electron chi connectivity index (χ3n) is 6.03. The van der Waals surface area contributed by atoms with Crippen molar-refractivity contribution in [2.45, 2.75) is 71.8 Å². The summed E-state index contributed by atoms with van der Waals surface area (Å²) in [6, 6.07) is 1.21. The van der Waals surface area contributed by atoms with Crippen molar-refractivity contribution in [1.29, 1.82) is 0 Å². The van der Waals surface area contributed by atoms with Crippen LogP contribution in [0, 0.1) is 16.7 Å². The molecule has 0 bridgehead atoms. The van der Waals surface area contributed by atoms with Gasteiger partial charge < -0.3 is 14.8 Å². The van der Waals surface area contributed by atoms with Crippen LogP contribution in [-0.4, -0.2) is 37.5 Å². The molecule has 1 N–H and O–H groups in total. The highest BCUT2D eigenvalue weighted by molar-refractivity contribution is 5.14. The standard InChI is InChI=1S/C16H29NO2/c1-6-18-12-9-11(15(12,2)3)17-13-10-7-8-19-14(10)16(13,4)5/h10-14,17H,6-9H2,1-5H3. The molecule has 0 spiro atoms. The van der Waals surface area contributed by atoms with Gasteiger partial charge >= 0.3 is 0 Å². The summed E-state index contributed by atoms with van der Waals surface area (Å²) in [7, 11) is 0. The van der Waals surface area contributed by atoms with Crippen molar-refractivity contribution < 1.29 is 9.47 Å². The number of fused-ring (bicyclic) bond motifs is 1. The maximum Gasteiger partial charge on any atom is 0.0685 e. The minimum absolute atomic E-state index is 0.261. The van der Waals surface area contributed by atoms with Crippen molar-refractivity contribution in [3.63, 3.8) is 0 Å². The van der Waals surface area contributed by atoms with E-state index in [4.69, 9.17) is 9.47 Å². The first-order valence-electron chi connectivity index (χ1n) is 7.88. The second-order valence-corrected chi connectivity index (χ2v) is 7.76. The smallest absolute Gasteiger partial charge is 0.0685 e. The van der Waals surface area contributed by atoms with E-state index in [0.29, 0.717) is 24.3 Å². The first kappa shape index (κ1) is 13.8. The summed E-state index contributed by atoms with van der Waals surface area (Å²) in [5, 5.41) is 3.93. The van der Waals surface area contributed by atoms with Crippen molar-refractivity contribution in [1.82, 2.24) is 5.32 Å². The Bertz CT molecular complexity index is 353. The molecule has 2 saturated carbocycles. The third kappa shape index (κ3) is 1.89. The quantitative estimate of drug-likeness (QED) is 0.849. The van der Waals surface area contributed by atoms with Crippen LogP contribution in [0.4, 0.5) is 0 Å². The lowest BCUT2D eigenvalue weighted by Gasteiger charge is -2.60. The van der Waals surface area contributed by atoms with Gasteiger partial charge in [-0.3, -0.25) is 0 Å². The van der Waals surface area contributed by atoms with Gasteiger partial charge in [-0.25, -0.2) is 0 Å². The fraction of sp³-hybridized carbons (Fsp3) is 1.00. The fourth-order valence-corrected chi connectivity index (χ4v) is 4.53. The number of hydrogen-bond acceptors (Lipinski definition) is 3. The van der Waals surface area contributed by atoms with Crippen LogP contribution in [0.5, 0.6) is 0 Å². The molecule has 3 heteroatoms. The van der Waals surface area contributed by atoms with Crippen LogP contribution in [0.15, 0.2) is 0 Å². The molecule has 110 valence electrons. The predicted octanol–water partition coefficient (Wildman–Crippen LogP) is 2.59. The van der Waals surface area contributed by atoms with E-state index >= 15 is 0 Å². The van der Waals surface area contributed by atoms with Crippen LogP contribution >= 0.6 is 0 Å². The lowest BCUT2D eigenvalue weighted by Crippen LogP contribution is -2.72. The molecule has 19 heavy (non-hydrogen) atoms. The Morgan fingerprint density at radius 1 is 1.21 bits per heavy atom. The van der Waals surface area contributed by atoms with Crippen molar-refractivity contribution in [2.24, 2.45) is 16.7 Å². The second-order valence-electron chi connectivity index (χ2n) is 7.76. The maximum atomic E-state index is 5.88. The Kier molecular flexibility index (Phi) is 3.23. The first-order valence-corrected chi connectivity index (χ1v) is 7.88. The van der Waals surface area contributed by atoms with E-state index in [1.165, 1.54) is 6.42 Å². The van der Waals surface area contributed by atoms with Gasteiger partial charge in [0.05, 0.1) is 12.2 Å². The van der Waals surface area contributed by atoms with Gasteiger partial charge in [-0.1, -0.05) is 27.7 Å². The predicted molar refractivity (Wildman–Crippen MR) is 76.2 cm³/mol. The summed E-state index contributed by atoms with van der Waals surface area (Å²) < 4.78 is 11.7. The Labute approximate surface area is 117 Å². The average molecular weight is 267 g/mol. The molecule has 0 aromatic heterocycles. The van der Waals surface area contributed by atoms with Gasteiger partial charge in [0, 0.05) is 42.0 Å². The van der Waals surface area contributed by atoms with E-state index in [1.54, 1.807) is 0 Å². The Hall–Kier alpha value is -0.120. The lowest BCUT2D eigenvalue weighted by atomic mass is 9.55. The highest BCUT2D eigenvalue weighted by Gasteiger charge is 2.61. The summed E-state index contributed by atoms with van der Waals surface area (Å²) in [6.45, 7) is 13.2. The van der Waals surface area contributed by atoms with Crippen LogP contribution in [0.2, 0.25) is 0 Å². The molecule has 3 nitrogen and oxygen atoms in total. The van der Waals surface area contributed by atoms with Crippen molar-refractivity contribution in [3.8, 4) is 0 Å². The van der Waals surface area contributed by atoms with Crippen LogP contribution in [0.3, 0.4) is 0 Å². The molecule has 2 aliphatic carbocycles. The van der Waals surface area contributed by atoms with Gasteiger partial charge in [0.15, 0.2) is 0 Å². The Morgan fingerprint density at radius 2 is 1.95 bits per heavy atom. The third-order valence-corrected chi connectivity index (χ3v) is 6.03. The average Bonchev–Trinajstić information content (AvgIpc) is 2.79. The van der Waals surface area contributed by atoms with Crippen LogP contribution < -0.4 is 5.32 Å². The maximum absolute atomic E-state index is 5.88. The molecular formula is C16H29NO2. The molecule has 0 aromatic carbocycles. The minimum Gasteiger partial charge on any atom is -0.378 e. The molecule has 1 aliphatic heterocycles. The molecule has 3 aliphatic rings. The number of nitrogens with one attached hydrogen (secondary N) is 1. The number of hydrogen-bond donors (Lipinski definition) is 1. The molecule has 0 amide bonds. The summed E-state index contributed by atoms with van der Waals surface area (Å²) in [6.07, 6.45) is 3.30. The van der Waals surface area contributed by atoms with Gasteiger partial charge in [0.25, 0.3) is 0 Å². The minimum atomic E-state index is 0.261. The van der Waals surface area contributed by atoms with Gasteiger partial charge in [-0.15, -0.1) is 0 Å². The SMILES string of the molecule is CCOC1CC(NC2C3CCOC3C2(C)C)C1(C)C. The molecule has 0 aromatic rings. The first-order chi connectivity index (χ1) is 8.89. The van der Waals surface area contributed by atoms with Crippen LogP contribution in [0.1, 0.15) is 47.5 Å². The van der Waals surface area contributed by atoms with Gasteiger partial charge in [0.2, 0.25) is 0 Å². The zero-order chi connectivity index (χ0) is 13.8. The summed E-state index contributed by atoms with van der Waals surface area (Å²) in [4.78, 5) is 0. The van der Waals surface area contributed by atoms with Crippen LogP contribution in [-0.2, 0) is 9.47 Å². The zero-order valence-electron chi connectivity index (χ0n) is 13.0. The van der Waals surface area contributed by atoms with Crippen LogP contribution in [0.25, 0.3) is 0 Å². The van der Waals surface area contributed by atoms with Gasteiger partial charge in [0.1, 0.15) is 0 Å². The van der Waals surface area contributed by atoms with E-state index in [-0.39, 0.29) is 10.8 Å². The van der Waals surface area contributed by atoms with Gasteiger partial charge in [-0.2, -0.15) is 0 Å². The molecule has 0 radical (unpaired) electrons. The molecule has 5 atom stereocenters. The number of rotatable bonds is 4. The van der Waals surface area contributed by atoms with Gasteiger partial charge in [-0.05, 0) is 19.8 Å². The molecule has 5 unspecified atom stereocenters. The summed E-state index contributed by atoms with van der Waals surface area (Å²) in [5.41, 5.74) is 0.546. The van der Waals surface area contributed by atoms with E-state index in [0.717, 1.165) is 25.6 Å². The summed E-state index contributed by atoms with van der Waals surface area (Å²) in [5.74, 6) is 0.733. The number of ether oxygens (including phenoxy) is 2.